The highest BCUT2D eigenvalue weighted by molar-refractivity contribution is 7.09. The molecule has 2 aromatic heterocycles. The molecule has 3 heterocycles. The molecule has 0 radical (unpaired) electrons. The van der Waals surface area contributed by atoms with Crippen molar-refractivity contribution in [2.45, 2.75) is 32.0 Å². The Balaban J connectivity index is 1.15. The van der Waals surface area contributed by atoms with Gasteiger partial charge in [-0.3, -0.25) is 4.79 Å². The van der Waals surface area contributed by atoms with Gasteiger partial charge in [0, 0.05) is 61.6 Å². The van der Waals surface area contributed by atoms with E-state index in [0.29, 0.717) is 19.5 Å². The van der Waals surface area contributed by atoms with Gasteiger partial charge in [0.2, 0.25) is 5.91 Å². The molecule has 8 nitrogen and oxygen atoms in total. The van der Waals surface area contributed by atoms with Crippen LogP contribution in [0.3, 0.4) is 0 Å². The number of carbonyl (C=O) groups excluding carboxylic acids is 2. The summed E-state index contributed by atoms with van der Waals surface area (Å²) in [5.74, 6) is -0.113. The standard InChI is InChI=1S/C31H35N5O3S2/c37-30(28(19-26-22-40-23-33-26)34-31(38)39-21-24-7-2-1-3-8-24)36-16-14-35(15-17-36)29-11-5-4-9-25(29)20-32-13-12-27-10-6-18-41-27/h1-11,18,22-23,28,32H,12-17,19-21H2,(H,34,38)/t28-/m1/s1. The first-order valence-corrected chi connectivity index (χ1v) is 15.7. The number of nitrogens with zero attached hydrogens (tertiary/aromatic N) is 3. The Morgan fingerprint density at radius 2 is 1.78 bits per heavy atom. The second kappa shape index (κ2) is 14.8. The zero-order chi connectivity index (χ0) is 28.3. The van der Waals surface area contributed by atoms with E-state index in [1.807, 2.05) is 40.6 Å². The SMILES string of the molecule is O=C(N[C@H](Cc1cscn1)C(=O)N1CCN(c2ccccc2CNCCc2cccs2)CC1)OCc1ccccc1. The van der Waals surface area contributed by atoms with E-state index in [-0.39, 0.29) is 12.5 Å². The molecule has 5 rings (SSSR count). The summed E-state index contributed by atoms with van der Waals surface area (Å²) in [6, 6.07) is 21.5. The molecule has 0 saturated carbocycles. The Kier molecular flexibility index (Phi) is 10.4. The molecule has 0 aliphatic carbocycles. The molecule has 1 saturated heterocycles. The monoisotopic (exact) mass is 589 g/mol. The molecule has 1 aliphatic rings. The van der Waals surface area contributed by atoms with Gasteiger partial charge in [0.15, 0.2) is 0 Å². The van der Waals surface area contributed by atoms with Crippen molar-refractivity contribution in [3.05, 3.63) is 105 Å². The Morgan fingerprint density at radius 1 is 0.976 bits per heavy atom. The smallest absolute Gasteiger partial charge is 0.408 e. The highest BCUT2D eigenvalue weighted by Gasteiger charge is 2.30. The minimum Gasteiger partial charge on any atom is -0.445 e. The number of nitrogens with one attached hydrogen (secondary N) is 2. The van der Waals surface area contributed by atoms with Crippen LogP contribution in [-0.2, 0) is 35.5 Å². The first-order chi connectivity index (χ1) is 20.2. The van der Waals surface area contributed by atoms with Crippen LogP contribution in [0.15, 0.2) is 83.0 Å². The molecule has 41 heavy (non-hydrogen) atoms. The molecular formula is C31H35N5O3S2. The number of thiazole rings is 1. The highest BCUT2D eigenvalue weighted by atomic mass is 32.1. The number of ether oxygens (including phenoxy) is 1. The lowest BCUT2D eigenvalue weighted by Crippen LogP contribution is -2.55. The van der Waals surface area contributed by atoms with Gasteiger partial charge in [0.1, 0.15) is 12.6 Å². The second-order valence-corrected chi connectivity index (χ2v) is 11.6. The van der Waals surface area contributed by atoms with Crippen LogP contribution in [-0.4, -0.2) is 60.6 Å². The predicted molar refractivity (Wildman–Crippen MR) is 164 cm³/mol. The van der Waals surface area contributed by atoms with Crippen molar-refractivity contribution in [1.82, 2.24) is 20.5 Å². The van der Waals surface area contributed by atoms with Crippen molar-refractivity contribution >= 4 is 40.4 Å². The maximum atomic E-state index is 13.6. The zero-order valence-electron chi connectivity index (χ0n) is 22.9. The van der Waals surface area contributed by atoms with Gasteiger partial charge < -0.3 is 25.2 Å². The van der Waals surface area contributed by atoms with E-state index in [2.05, 4.69) is 62.3 Å². The lowest BCUT2D eigenvalue weighted by molar-refractivity contribution is -0.133. The zero-order valence-corrected chi connectivity index (χ0v) is 24.5. The Morgan fingerprint density at radius 3 is 2.54 bits per heavy atom. The maximum absolute atomic E-state index is 13.6. The molecule has 1 atom stereocenters. The number of alkyl carbamates (subject to hydrolysis) is 1. The predicted octanol–water partition coefficient (Wildman–Crippen LogP) is 4.72. The largest absolute Gasteiger partial charge is 0.445 e. The van der Waals surface area contributed by atoms with Crippen LogP contribution in [0.1, 0.15) is 21.7 Å². The van der Waals surface area contributed by atoms with Crippen LogP contribution >= 0.6 is 22.7 Å². The quantitative estimate of drug-likeness (QED) is 0.233. The third-order valence-electron chi connectivity index (χ3n) is 7.07. The number of anilines is 1. The van der Waals surface area contributed by atoms with Crippen molar-refractivity contribution in [3.63, 3.8) is 0 Å². The van der Waals surface area contributed by atoms with E-state index < -0.39 is 12.1 Å². The normalized spacial score (nSPS) is 14.0. The number of piperazine rings is 1. The van der Waals surface area contributed by atoms with Gasteiger partial charge in [-0.05, 0) is 35.1 Å². The van der Waals surface area contributed by atoms with Gasteiger partial charge in [0.05, 0.1) is 11.2 Å². The van der Waals surface area contributed by atoms with E-state index in [4.69, 9.17) is 4.74 Å². The minimum atomic E-state index is -0.744. The average molecular weight is 590 g/mol. The number of thiophene rings is 1. The number of benzene rings is 2. The van der Waals surface area contributed by atoms with Gasteiger partial charge in [-0.25, -0.2) is 9.78 Å². The fourth-order valence-corrected chi connectivity index (χ4v) is 6.18. The average Bonchev–Trinajstić information content (AvgIpc) is 3.73. The van der Waals surface area contributed by atoms with Gasteiger partial charge in [-0.1, -0.05) is 54.6 Å². The first kappa shape index (κ1) is 28.8. The fourth-order valence-electron chi connectivity index (χ4n) is 4.90. The third kappa shape index (κ3) is 8.39. The van der Waals surface area contributed by atoms with Crippen LogP contribution in [0.5, 0.6) is 0 Å². The summed E-state index contributed by atoms with van der Waals surface area (Å²) in [5.41, 5.74) is 5.85. The van der Waals surface area contributed by atoms with E-state index in [9.17, 15) is 9.59 Å². The number of carbonyl (C=O) groups is 2. The van der Waals surface area contributed by atoms with Crippen LogP contribution in [0.25, 0.3) is 0 Å². The maximum Gasteiger partial charge on any atom is 0.408 e. The molecule has 0 bridgehead atoms. The van der Waals surface area contributed by atoms with E-state index >= 15 is 0 Å². The van der Waals surface area contributed by atoms with Crippen LogP contribution in [0, 0.1) is 0 Å². The van der Waals surface area contributed by atoms with Gasteiger partial charge in [-0.15, -0.1) is 22.7 Å². The van der Waals surface area contributed by atoms with Crippen molar-refractivity contribution < 1.29 is 14.3 Å². The van der Waals surface area contributed by atoms with Crippen LogP contribution in [0.4, 0.5) is 10.5 Å². The van der Waals surface area contributed by atoms with E-state index in [1.54, 1.807) is 16.8 Å². The van der Waals surface area contributed by atoms with E-state index in [0.717, 1.165) is 43.9 Å². The summed E-state index contributed by atoms with van der Waals surface area (Å²) in [6.07, 6.45) is 0.737. The van der Waals surface area contributed by atoms with Gasteiger partial charge in [0.25, 0.3) is 0 Å². The summed E-state index contributed by atoms with van der Waals surface area (Å²) in [7, 11) is 0. The second-order valence-electron chi connectivity index (χ2n) is 9.89. The number of aromatic nitrogens is 1. The van der Waals surface area contributed by atoms with Crippen molar-refractivity contribution in [2.75, 3.05) is 37.6 Å². The Hall–Kier alpha value is -3.73. The molecular weight excluding hydrogens is 555 g/mol. The van der Waals surface area contributed by atoms with Crippen LogP contribution in [0.2, 0.25) is 0 Å². The molecule has 1 aliphatic heterocycles. The summed E-state index contributed by atoms with van der Waals surface area (Å²) in [4.78, 5) is 36.2. The topological polar surface area (TPSA) is 86.8 Å². The molecule has 4 aromatic rings. The van der Waals surface area contributed by atoms with Crippen molar-refractivity contribution in [2.24, 2.45) is 0 Å². The lowest BCUT2D eigenvalue weighted by Gasteiger charge is -2.38. The van der Waals surface area contributed by atoms with Crippen molar-refractivity contribution in [3.8, 4) is 0 Å². The number of para-hydroxylation sites is 1. The fraction of sp³-hybridized carbons (Fsp3) is 0.323. The molecule has 2 amide bonds. The van der Waals surface area contributed by atoms with Gasteiger partial charge >= 0.3 is 6.09 Å². The molecule has 2 aromatic carbocycles. The highest BCUT2D eigenvalue weighted by Crippen LogP contribution is 2.22. The molecule has 0 spiro atoms. The number of hydrogen-bond donors (Lipinski definition) is 2. The lowest BCUT2D eigenvalue weighted by atomic mass is 10.1. The number of rotatable bonds is 12. The summed E-state index contributed by atoms with van der Waals surface area (Å²) in [5, 5.41) is 10.4. The Labute approximate surface area is 249 Å². The number of amides is 2. The summed E-state index contributed by atoms with van der Waals surface area (Å²) in [6.45, 7) is 4.47. The molecule has 10 heteroatoms. The van der Waals surface area contributed by atoms with Gasteiger partial charge in [-0.2, -0.15) is 0 Å². The minimum absolute atomic E-state index is 0.113. The number of hydrogen-bond acceptors (Lipinski definition) is 8. The van der Waals surface area contributed by atoms with Crippen LogP contribution < -0.4 is 15.5 Å². The third-order valence-corrected chi connectivity index (χ3v) is 8.64. The molecule has 0 unspecified atom stereocenters. The van der Waals surface area contributed by atoms with E-state index in [1.165, 1.54) is 27.5 Å². The summed E-state index contributed by atoms with van der Waals surface area (Å²) >= 11 is 3.26. The molecule has 214 valence electrons. The molecule has 2 N–H and O–H groups in total. The molecule has 1 fully saturated rings. The summed E-state index contributed by atoms with van der Waals surface area (Å²) < 4.78 is 5.41. The Bertz CT molecular complexity index is 1360. The van der Waals surface area contributed by atoms with Crippen molar-refractivity contribution in [1.29, 1.82) is 0 Å². The first-order valence-electron chi connectivity index (χ1n) is 13.8.